The number of guanidine groups is 1. The van der Waals surface area contributed by atoms with E-state index in [2.05, 4.69) is 21.3 Å². The van der Waals surface area contributed by atoms with E-state index in [1.165, 1.54) is 0 Å². The molecule has 0 aliphatic rings. The number of alkyl carbamates (subject to hydrolysis) is 1. The van der Waals surface area contributed by atoms with Gasteiger partial charge in [0.25, 0.3) is 0 Å². The van der Waals surface area contributed by atoms with E-state index in [0.717, 1.165) is 49.7 Å². The summed E-state index contributed by atoms with van der Waals surface area (Å²) in [6.45, 7) is 4.23. The monoisotopic (exact) mass is 681 g/mol. The highest BCUT2D eigenvalue weighted by atomic mass is 16.6. The Bertz CT molecular complexity index is 1250. The molecule has 4 amide bonds. The number of nitrogens with zero attached hydrogens (tertiary/aromatic N) is 1. The highest BCUT2D eigenvalue weighted by Gasteiger charge is 2.17. The second-order valence-electron chi connectivity index (χ2n) is 11.9. The Balaban J connectivity index is 1.64. The summed E-state index contributed by atoms with van der Waals surface area (Å²) < 4.78 is 10.8. The van der Waals surface area contributed by atoms with Crippen LogP contribution in [0, 0.1) is 5.41 Å². The van der Waals surface area contributed by atoms with E-state index in [4.69, 9.17) is 20.6 Å². The van der Waals surface area contributed by atoms with Gasteiger partial charge >= 0.3 is 12.2 Å². The van der Waals surface area contributed by atoms with Crippen molar-refractivity contribution in [1.82, 2.24) is 26.2 Å². The first-order valence-corrected chi connectivity index (χ1v) is 17.3. The Kier molecular flexibility index (Phi) is 20.8. The van der Waals surface area contributed by atoms with Gasteiger partial charge in [0.05, 0.1) is 0 Å². The molecule has 0 aromatic heterocycles. The Morgan fingerprint density at radius 1 is 0.694 bits per heavy atom. The molecule has 0 fully saturated rings. The van der Waals surface area contributed by atoms with Crippen molar-refractivity contribution in [3.63, 3.8) is 0 Å². The van der Waals surface area contributed by atoms with Crippen molar-refractivity contribution in [3.05, 3.63) is 71.8 Å². The number of unbranched alkanes of at least 4 members (excludes halogenated alkanes) is 6. The number of ether oxygens (including phenoxy) is 2. The predicted octanol–water partition coefficient (Wildman–Crippen LogP) is 4.56. The standard InChI is InChI=1S/C36H55N7O6/c1-29(42-32(44)21-12-4-2-3-5-13-23-40-34(37)38)33(45)39-22-14-15-25-43(36(47)49-28-31-19-10-7-11-20-31)26-16-24-41-35(46)48-27-30-17-8-6-9-18-30/h6-11,17-20,29H,2-5,12-16,21-28H2,1H3,(H,39,45)(H,41,46)(H,42,44)(H4,37,38,40)/t29-/m0/s1. The number of benzene rings is 2. The molecule has 2 rings (SSSR count). The maximum atomic E-state index is 12.9. The Hall–Kier alpha value is -4.81. The van der Waals surface area contributed by atoms with Crippen molar-refractivity contribution in [2.24, 2.45) is 5.73 Å². The zero-order chi connectivity index (χ0) is 35.5. The van der Waals surface area contributed by atoms with Crippen LogP contribution in [0.3, 0.4) is 0 Å². The van der Waals surface area contributed by atoms with Gasteiger partial charge in [-0.25, -0.2) is 9.59 Å². The molecule has 2 aromatic carbocycles. The highest BCUT2D eigenvalue weighted by molar-refractivity contribution is 5.87. The lowest BCUT2D eigenvalue weighted by Crippen LogP contribution is -2.45. The lowest BCUT2D eigenvalue weighted by atomic mass is 10.1. The van der Waals surface area contributed by atoms with Crippen LogP contribution in [-0.2, 0) is 32.3 Å². The molecule has 2 aromatic rings. The van der Waals surface area contributed by atoms with Gasteiger partial charge in [0.15, 0.2) is 5.96 Å². The predicted molar refractivity (Wildman–Crippen MR) is 190 cm³/mol. The molecule has 270 valence electrons. The van der Waals surface area contributed by atoms with Crippen LogP contribution in [0.5, 0.6) is 0 Å². The molecule has 0 spiro atoms. The summed E-state index contributed by atoms with van der Waals surface area (Å²) in [6.07, 6.45) is 6.99. The first kappa shape index (κ1) is 40.4. The largest absolute Gasteiger partial charge is 0.445 e. The van der Waals surface area contributed by atoms with Crippen molar-refractivity contribution in [2.45, 2.75) is 90.4 Å². The van der Waals surface area contributed by atoms with Gasteiger partial charge in [0.2, 0.25) is 11.8 Å². The van der Waals surface area contributed by atoms with Gasteiger partial charge in [-0.3, -0.25) is 15.0 Å². The van der Waals surface area contributed by atoms with Crippen molar-refractivity contribution in [3.8, 4) is 0 Å². The molecule has 7 N–H and O–H groups in total. The Labute approximate surface area is 290 Å². The molecule has 0 aliphatic heterocycles. The summed E-state index contributed by atoms with van der Waals surface area (Å²) in [6, 6.07) is 18.2. The summed E-state index contributed by atoms with van der Waals surface area (Å²) >= 11 is 0. The molecule has 13 heteroatoms. The minimum absolute atomic E-state index is 0.00663. The van der Waals surface area contributed by atoms with Gasteiger partial charge in [-0.15, -0.1) is 0 Å². The first-order chi connectivity index (χ1) is 23.7. The van der Waals surface area contributed by atoms with Crippen LogP contribution in [0.4, 0.5) is 9.59 Å². The Morgan fingerprint density at radius 2 is 1.22 bits per heavy atom. The average Bonchev–Trinajstić information content (AvgIpc) is 3.10. The number of carbonyl (C=O) groups excluding carboxylic acids is 4. The van der Waals surface area contributed by atoms with E-state index in [1.807, 2.05) is 60.7 Å². The molecule has 49 heavy (non-hydrogen) atoms. The summed E-state index contributed by atoms with van der Waals surface area (Å²) in [4.78, 5) is 51.4. The molecule has 0 bridgehead atoms. The highest BCUT2D eigenvalue weighted by Crippen LogP contribution is 2.08. The van der Waals surface area contributed by atoms with E-state index in [0.29, 0.717) is 58.4 Å². The lowest BCUT2D eigenvalue weighted by molar-refractivity contribution is -0.128. The minimum Gasteiger partial charge on any atom is -0.445 e. The zero-order valence-electron chi connectivity index (χ0n) is 28.8. The van der Waals surface area contributed by atoms with Gasteiger partial charge in [-0.1, -0.05) is 86.3 Å². The topological polar surface area (TPSA) is 188 Å². The second-order valence-corrected chi connectivity index (χ2v) is 11.9. The smallest absolute Gasteiger partial charge is 0.410 e. The summed E-state index contributed by atoms with van der Waals surface area (Å²) in [5, 5.41) is 18.3. The van der Waals surface area contributed by atoms with E-state index < -0.39 is 18.2 Å². The van der Waals surface area contributed by atoms with Gasteiger partial charge in [0.1, 0.15) is 19.3 Å². The fourth-order valence-electron chi connectivity index (χ4n) is 4.85. The van der Waals surface area contributed by atoms with Crippen LogP contribution < -0.4 is 27.0 Å². The van der Waals surface area contributed by atoms with Gasteiger partial charge in [0, 0.05) is 39.1 Å². The summed E-state index contributed by atoms with van der Waals surface area (Å²) in [7, 11) is 0. The fourth-order valence-corrected chi connectivity index (χ4v) is 4.85. The SMILES string of the molecule is C[C@H](NC(=O)CCCCCCCCNC(=N)N)C(=O)NCCCCN(CCCNC(=O)OCc1ccccc1)C(=O)OCc1ccccc1. The Morgan fingerprint density at radius 3 is 1.88 bits per heavy atom. The molecule has 1 atom stereocenters. The quantitative estimate of drug-likeness (QED) is 0.0529. The molecule has 0 saturated heterocycles. The number of amides is 4. The van der Waals surface area contributed by atoms with Crippen LogP contribution in [0.1, 0.15) is 82.3 Å². The van der Waals surface area contributed by atoms with E-state index in [9.17, 15) is 19.2 Å². The molecule has 13 nitrogen and oxygen atoms in total. The fraction of sp³-hybridized carbons (Fsp3) is 0.528. The van der Waals surface area contributed by atoms with Crippen molar-refractivity contribution >= 4 is 30.0 Å². The normalized spacial score (nSPS) is 11.1. The third-order valence-electron chi connectivity index (χ3n) is 7.62. The molecule has 0 aliphatic carbocycles. The third-order valence-corrected chi connectivity index (χ3v) is 7.62. The van der Waals surface area contributed by atoms with E-state index in [-0.39, 0.29) is 31.0 Å². The van der Waals surface area contributed by atoms with Crippen LogP contribution in [0.2, 0.25) is 0 Å². The maximum absolute atomic E-state index is 12.9. The van der Waals surface area contributed by atoms with Crippen LogP contribution >= 0.6 is 0 Å². The number of nitrogens with one attached hydrogen (secondary N) is 5. The number of carbonyl (C=O) groups is 4. The molecule has 0 saturated carbocycles. The maximum Gasteiger partial charge on any atom is 0.410 e. The van der Waals surface area contributed by atoms with Gasteiger partial charge < -0.3 is 41.4 Å². The van der Waals surface area contributed by atoms with E-state index in [1.54, 1.807) is 11.8 Å². The van der Waals surface area contributed by atoms with Crippen molar-refractivity contribution in [2.75, 3.05) is 32.7 Å². The van der Waals surface area contributed by atoms with E-state index >= 15 is 0 Å². The summed E-state index contributed by atoms with van der Waals surface area (Å²) in [5.74, 6) is -0.401. The van der Waals surface area contributed by atoms with Crippen LogP contribution in [-0.4, -0.2) is 73.6 Å². The molecular formula is C36H55N7O6. The summed E-state index contributed by atoms with van der Waals surface area (Å²) in [5.41, 5.74) is 7.03. The van der Waals surface area contributed by atoms with Crippen molar-refractivity contribution in [1.29, 1.82) is 5.41 Å². The van der Waals surface area contributed by atoms with Crippen LogP contribution in [0.25, 0.3) is 0 Å². The molecule has 0 heterocycles. The second kappa shape index (κ2) is 25.2. The average molecular weight is 682 g/mol. The third kappa shape index (κ3) is 20.2. The minimum atomic E-state index is -0.641. The zero-order valence-corrected chi connectivity index (χ0v) is 28.8. The molecular weight excluding hydrogens is 626 g/mol. The van der Waals surface area contributed by atoms with Crippen LogP contribution in [0.15, 0.2) is 60.7 Å². The first-order valence-electron chi connectivity index (χ1n) is 17.3. The van der Waals surface area contributed by atoms with Gasteiger partial charge in [-0.05, 0) is 50.2 Å². The molecule has 0 radical (unpaired) electrons. The number of hydrogen-bond acceptors (Lipinski definition) is 7. The van der Waals surface area contributed by atoms with Gasteiger partial charge in [-0.2, -0.15) is 0 Å². The lowest BCUT2D eigenvalue weighted by Gasteiger charge is -2.22. The number of nitrogens with two attached hydrogens (primary N) is 1. The number of hydrogen-bond donors (Lipinski definition) is 6. The number of rotatable bonds is 24. The van der Waals surface area contributed by atoms with Crippen molar-refractivity contribution < 1.29 is 28.7 Å². The molecule has 0 unspecified atom stereocenters.